The number of anilines is 1. The molecule has 1 heterocycles. The van der Waals surface area contributed by atoms with Crippen molar-refractivity contribution in [3.8, 4) is 0 Å². The Morgan fingerprint density at radius 2 is 2.32 bits per heavy atom. The molecular weight excluding hydrogens is 334 g/mol. The summed E-state index contributed by atoms with van der Waals surface area (Å²) >= 11 is 9.16. The van der Waals surface area contributed by atoms with Gasteiger partial charge in [0.05, 0.1) is 16.9 Å². The van der Waals surface area contributed by atoms with Crippen LogP contribution in [-0.2, 0) is 17.9 Å². The number of carbonyl (C=O) groups excluding carboxylic acids is 1. The second-order valence-corrected chi connectivity index (χ2v) is 5.05. The molecule has 19 heavy (non-hydrogen) atoms. The molecule has 0 aliphatic carbocycles. The van der Waals surface area contributed by atoms with E-state index < -0.39 is 0 Å². The number of nitrogens with two attached hydrogens (primary N) is 1. The van der Waals surface area contributed by atoms with Crippen LogP contribution >= 0.6 is 27.5 Å². The Hall–Kier alpha value is -1.44. The van der Waals surface area contributed by atoms with Gasteiger partial charge in [0, 0.05) is 16.7 Å². The molecule has 0 bridgehead atoms. The van der Waals surface area contributed by atoms with Crippen molar-refractivity contribution in [1.82, 2.24) is 15.0 Å². The summed E-state index contributed by atoms with van der Waals surface area (Å²) in [7, 11) is 0. The van der Waals surface area contributed by atoms with Gasteiger partial charge in [0.1, 0.15) is 6.54 Å². The number of hydrogen-bond acceptors (Lipinski definition) is 4. The predicted molar refractivity (Wildman–Crippen MR) is 75.7 cm³/mol. The quantitative estimate of drug-likeness (QED) is 0.885. The number of nitrogens with one attached hydrogen (secondary N) is 1. The molecule has 0 aliphatic rings. The Balaban J connectivity index is 1.98. The summed E-state index contributed by atoms with van der Waals surface area (Å²) < 4.78 is 2.15. The van der Waals surface area contributed by atoms with Crippen molar-refractivity contribution in [3.63, 3.8) is 0 Å². The number of hydrogen-bond donors (Lipinski definition) is 2. The topological polar surface area (TPSA) is 85.8 Å². The predicted octanol–water partition coefficient (Wildman–Crippen LogP) is 1.79. The lowest BCUT2D eigenvalue weighted by atomic mass is 10.3. The van der Waals surface area contributed by atoms with Gasteiger partial charge in [-0.05, 0) is 34.1 Å². The van der Waals surface area contributed by atoms with Crippen molar-refractivity contribution in [3.05, 3.63) is 39.6 Å². The van der Waals surface area contributed by atoms with Crippen molar-refractivity contribution in [2.45, 2.75) is 13.1 Å². The molecule has 3 N–H and O–H groups in total. The minimum atomic E-state index is -0.206. The molecule has 0 radical (unpaired) electrons. The first-order chi connectivity index (χ1) is 9.08. The van der Waals surface area contributed by atoms with Gasteiger partial charge in [-0.1, -0.05) is 16.8 Å². The summed E-state index contributed by atoms with van der Waals surface area (Å²) in [4.78, 5) is 11.8. The number of carbonyl (C=O) groups is 1. The largest absolute Gasteiger partial charge is 0.325 e. The molecule has 2 rings (SSSR count). The van der Waals surface area contributed by atoms with E-state index in [9.17, 15) is 4.79 Å². The lowest BCUT2D eigenvalue weighted by molar-refractivity contribution is -0.116. The van der Waals surface area contributed by atoms with E-state index in [-0.39, 0.29) is 12.5 Å². The number of amides is 1. The summed E-state index contributed by atoms with van der Waals surface area (Å²) in [5.74, 6) is -0.206. The zero-order valence-electron chi connectivity index (χ0n) is 9.81. The van der Waals surface area contributed by atoms with Crippen LogP contribution in [0.25, 0.3) is 0 Å². The summed E-state index contributed by atoms with van der Waals surface area (Å²) in [6.07, 6.45) is 1.64. The third-order valence-corrected chi connectivity index (χ3v) is 3.52. The van der Waals surface area contributed by atoms with E-state index in [1.807, 2.05) is 0 Å². The van der Waals surface area contributed by atoms with Crippen LogP contribution in [0.5, 0.6) is 0 Å². The number of halogens is 2. The Labute approximate surface area is 123 Å². The molecule has 0 aliphatic heterocycles. The minimum Gasteiger partial charge on any atom is -0.325 e. The molecule has 0 unspecified atom stereocenters. The maximum atomic E-state index is 11.8. The van der Waals surface area contributed by atoms with E-state index >= 15 is 0 Å². The maximum Gasteiger partial charge on any atom is 0.246 e. The van der Waals surface area contributed by atoms with Gasteiger partial charge in [0.2, 0.25) is 5.91 Å². The van der Waals surface area contributed by atoms with Gasteiger partial charge in [-0.15, -0.1) is 5.10 Å². The van der Waals surface area contributed by atoms with Crippen LogP contribution in [-0.4, -0.2) is 20.9 Å². The van der Waals surface area contributed by atoms with E-state index in [1.165, 1.54) is 4.68 Å². The van der Waals surface area contributed by atoms with Crippen LogP contribution in [0.1, 0.15) is 5.69 Å². The van der Waals surface area contributed by atoms with Crippen LogP contribution in [0.3, 0.4) is 0 Å². The normalized spacial score (nSPS) is 10.5. The summed E-state index contributed by atoms with van der Waals surface area (Å²) in [5.41, 5.74) is 6.71. The van der Waals surface area contributed by atoms with Crippen LogP contribution in [0.4, 0.5) is 5.69 Å². The molecule has 8 heteroatoms. The third kappa shape index (κ3) is 3.76. The number of rotatable bonds is 4. The molecule has 1 amide bonds. The van der Waals surface area contributed by atoms with Crippen LogP contribution in [0, 0.1) is 0 Å². The summed E-state index contributed by atoms with van der Waals surface area (Å²) in [5, 5.41) is 10.9. The number of benzene rings is 1. The Morgan fingerprint density at radius 1 is 1.53 bits per heavy atom. The SMILES string of the molecule is NCc1cn(CC(=O)Nc2ccc(Cl)c(Br)c2)nn1. The second-order valence-electron chi connectivity index (χ2n) is 3.79. The first-order valence-electron chi connectivity index (χ1n) is 5.42. The number of aromatic nitrogens is 3. The Bertz CT molecular complexity index is 601. The average molecular weight is 345 g/mol. The first-order valence-corrected chi connectivity index (χ1v) is 6.59. The standard InChI is InChI=1S/C11H11BrClN5O/c12-9-3-7(1-2-10(9)13)15-11(19)6-18-5-8(4-14)16-17-18/h1-3,5H,4,6,14H2,(H,15,19). The van der Waals surface area contributed by atoms with E-state index in [2.05, 4.69) is 31.6 Å². The minimum absolute atomic E-state index is 0.0766. The fraction of sp³-hybridized carbons (Fsp3) is 0.182. The Kier molecular flexibility index (Phi) is 4.52. The van der Waals surface area contributed by atoms with Gasteiger partial charge in [0.15, 0.2) is 0 Å². The lowest BCUT2D eigenvalue weighted by Crippen LogP contribution is -2.19. The molecule has 1 aromatic carbocycles. The zero-order valence-corrected chi connectivity index (χ0v) is 12.1. The van der Waals surface area contributed by atoms with Gasteiger partial charge in [0.25, 0.3) is 0 Å². The van der Waals surface area contributed by atoms with Crippen molar-refractivity contribution in [2.24, 2.45) is 5.73 Å². The lowest BCUT2D eigenvalue weighted by Gasteiger charge is -2.06. The maximum absolute atomic E-state index is 11.8. The Morgan fingerprint density at radius 3 is 2.95 bits per heavy atom. The molecule has 0 fully saturated rings. The van der Waals surface area contributed by atoms with Crippen molar-refractivity contribution < 1.29 is 4.79 Å². The highest BCUT2D eigenvalue weighted by Crippen LogP contribution is 2.25. The zero-order chi connectivity index (χ0) is 13.8. The van der Waals surface area contributed by atoms with Crippen molar-refractivity contribution in [2.75, 3.05) is 5.32 Å². The van der Waals surface area contributed by atoms with E-state index in [4.69, 9.17) is 17.3 Å². The monoisotopic (exact) mass is 343 g/mol. The van der Waals surface area contributed by atoms with Gasteiger partial charge in [-0.2, -0.15) is 0 Å². The molecular formula is C11H11BrClN5O. The molecule has 0 spiro atoms. The third-order valence-electron chi connectivity index (χ3n) is 2.30. The fourth-order valence-electron chi connectivity index (χ4n) is 1.43. The average Bonchev–Trinajstić information content (AvgIpc) is 2.81. The van der Waals surface area contributed by atoms with Crippen LogP contribution < -0.4 is 11.1 Å². The van der Waals surface area contributed by atoms with Gasteiger partial charge >= 0.3 is 0 Å². The van der Waals surface area contributed by atoms with Crippen molar-refractivity contribution >= 4 is 39.1 Å². The summed E-state index contributed by atoms with van der Waals surface area (Å²) in [6, 6.07) is 5.15. The first kappa shape index (κ1) is 14.0. The van der Waals surface area contributed by atoms with Gasteiger partial charge in [-0.3, -0.25) is 4.79 Å². The molecule has 0 saturated carbocycles. The van der Waals surface area contributed by atoms with E-state index in [0.29, 0.717) is 22.9 Å². The molecule has 0 saturated heterocycles. The van der Waals surface area contributed by atoms with Gasteiger partial charge < -0.3 is 11.1 Å². The highest BCUT2D eigenvalue weighted by atomic mass is 79.9. The van der Waals surface area contributed by atoms with Crippen molar-refractivity contribution in [1.29, 1.82) is 0 Å². The smallest absolute Gasteiger partial charge is 0.246 e. The molecule has 1 aromatic heterocycles. The molecule has 0 atom stereocenters. The summed E-state index contributed by atoms with van der Waals surface area (Å²) in [6.45, 7) is 0.374. The van der Waals surface area contributed by atoms with Crippen LogP contribution in [0.15, 0.2) is 28.9 Å². The van der Waals surface area contributed by atoms with E-state index in [0.717, 1.165) is 4.47 Å². The highest BCUT2D eigenvalue weighted by molar-refractivity contribution is 9.10. The number of nitrogens with zero attached hydrogens (tertiary/aromatic N) is 3. The van der Waals surface area contributed by atoms with Crippen LogP contribution in [0.2, 0.25) is 5.02 Å². The fourth-order valence-corrected chi connectivity index (χ4v) is 1.93. The highest BCUT2D eigenvalue weighted by Gasteiger charge is 2.07. The molecule has 100 valence electrons. The molecule has 2 aromatic rings. The molecule has 6 nitrogen and oxygen atoms in total. The second kappa shape index (κ2) is 6.14. The van der Waals surface area contributed by atoms with Gasteiger partial charge in [-0.25, -0.2) is 4.68 Å². The van der Waals surface area contributed by atoms with E-state index in [1.54, 1.807) is 24.4 Å².